The summed E-state index contributed by atoms with van der Waals surface area (Å²) in [6, 6.07) is 3.72. The van der Waals surface area contributed by atoms with E-state index in [-0.39, 0.29) is 17.9 Å². The highest BCUT2D eigenvalue weighted by molar-refractivity contribution is 5.95. The van der Waals surface area contributed by atoms with E-state index in [2.05, 4.69) is 15.0 Å². The molecule has 172 valence electrons. The Morgan fingerprint density at radius 1 is 1.06 bits per heavy atom. The van der Waals surface area contributed by atoms with Crippen LogP contribution in [0.4, 0.5) is 0 Å². The van der Waals surface area contributed by atoms with Crippen LogP contribution in [0.5, 0.6) is 0 Å². The lowest BCUT2D eigenvalue weighted by Gasteiger charge is -2.34. The van der Waals surface area contributed by atoms with Gasteiger partial charge in [0.15, 0.2) is 5.82 Å². The second kappa shape index (κ2) is 8.90. The van der Waals surface area contributed by atoms with E-state index < -0.39 is 0 Å². The van der Waals surface area contributed by atoms with Crippen molar-refractivity contribution < 1.29 is 14.3 Å². The number of nitrogens with zero attached hydrogens (tertiary/aromatic N) is 6. The number of pyridine rings is 1. The largest absolute Gasteiger partial charge is 0.378 e. The fourth-order valence-electron chi connectivity index (χ4n) is 4.57. The molecule has 1 atom stereocenters. The molecule has 9 nitrogen and oxygen atoms in total. The quantitative estimate of drug-likeness (QED) is 0.612. The number of morpholine rings is 1. The minimum absolute atomic E-state index is 0.0704. The van der Waals surface area contributed by atoms with Crippen LogP contribution in [-0.4, -0.2) is 73.8 Å². The normalized spacial score (nSPS) is 19.2. The number of piperidine rings is 1. The predicted octanol–water partition coefficient (Wildman–Crippen LogP) is 2.58. The number of aryl methyl sites for hydroxylation is 2. The summed E-state index contributed by atoms with van der Waals surface area (Å²) in [6.45, 7) is 6.71. The van der Waals surface area contributed by atoms with Gasteiger partial charge in [-0.05, 0) is 50.8 Å². The van der Waals surface area contributed by atoms with E-state index in [1.165, 1.54) is 0 Å². The zero-order valence-electron chi connectivity index (χ0n) is 19.0. The van der Waals surface area contributed by atoms with Crippen molar-refractivity contribution in [3.05, 3.63) is 59.1 Å². The van der Waals surface area contributed by atoms with Gasteiger partial charge in [-0.2, -0.15) is 0 Å². The summed E-state index contributed by atoms with van der Waals surface area (Å²) >= 11 is 0. The molecular formula is C24H28N6O3. The van der Waals surface area contributed by atoms with Gasteiger partial charge in [0.25, 0.3) is 11.8 Å². The lowest BCUT2D eigenvalue weighted by Crippen LogP contribution is -2.41. The molecule has 2 aliphatic rings. The molecule has 2 amide bonds. The molecule has 2 saturated heterocycles. The van der Waals surface area contributed by atoms with E-state index in [4.69, 9.17) is 4.74 Å². The molecule has 0 bridgehead atoms. The van der Waals surface area contributed by atoms with Crippen LogP contribution in [0.2, 0.25) is 0 Å². The van der Waals surface area contributed by atoms with E-state index in [1.54, 1.807) is 17.3 Å². The Hall–Kier alpha value is -3.33. The highest BCUT2D eigenvalue weighted by atomic mass is 16.5. The van der Waals surface area contributed by atoms with Gasteiger partial charge in [0.1, 0.15) is 11.3 Å². The molecule has 0 saturated carbocycles. The number of fused-ring (bicyclic) bond motifs is 1. The lowest BCUT2D eigenvalue weighted by atomic mass is 10.0. The van der Waals surface area contributed by atoms with Crippen LogP contribution in [0.25, 0.3) is 5.65 Å². The smallest absolute Gasteiger partial charge is 0.274 e. The zero-order valence-corrected chi connectivity index (χ0v) is 19.0. The third-order valence-corrected chi connectivity index (χ3v) is 6.42. The van der Waals surface area contributed by atoms with Gasteiger partial charge in [0, 0.05) is 38.2 Å². The second-order valence-electron chi connectivity index (χ2n) is 8.74. The van der Waals surface area contributed by atoms with Crippen molar-refractivity contribution in [3.8, 4) is 0 Å². The summed E-state index contributed by atoms with van der Waals surface area (Å²) in [4.78, 5) is 43.7. The van der Waals surface area contributed by atoms with Crippen LogP contribution >= 0.6 is 0 Å². The minimum Gasteiger partial charge on any atom is -0.378 e. The third-order valence-electron chi connectivity index (χ3n) is 6.42. The first kappa shape index (κ1) is 21.5. The topological polar surface area (TPSA) is 92.9 Å². The number of carbonyl (C=O) groups excluding carboxylic acids is 2. The number of carbonyl (C=O) groups is 2. The maximum atomic E-state index is 13.4. The number of amides is 2. The number of hydrogen-bond acceptors (Lipinski definition) is 6. The van der Waals surface area contributed by atoms with Crippen molar-refractivity contribution >= 4 is 17.5 Å². The number of rotatable bonds is 3. The third kappa shape index (κ3) is 4.20. The molecule has 0 aromatic carbocycles. The standard InChI is InChI=1S/C24H28N6O3/c1-16-6-8-29-15-19(27-21(29)13-16)24(32)30-7-4-3-5-20(30)22-25-14-18(17(2)26-22)23(31)28-9-11-33-12-10-28/h6,8,13-15,20H,3-5,7,9-12H2,1-2H3/t20-/m0/s1. The summed E-state index contributed by atoms with van der Waals surface area (Å²) < 4.78 is 7.21. The first-order chi connectivity index (χ1) is 16.0. The molecule has 5 rings (SSSR count). The van der Waals surface area contributed by atoms with Crippen molar-refractivity contribution in [1.29, 1.82) is 0 Å². The van der Waals surface area contributed by atoms with E-state index >= 15 is 0 Å². The number of likely N-dealkylation sites (tertiary alicyclic amines) is 1. The van der Waals surface area contributed by atoms with Crippen LogP contribution in [0, 0.1) is 13.8 Å². The lowest BCUT2D eigenvalue weighted by molar-refractivity contribution is 0.0301. The molecule has 0 aliphatic carbocycles. The average Bonchev–Trinajstić information content (AvgIpc) is 3.27. The van der Waals surface area contributed by atoms with Crippen molar-refractivity contribution in [2.24, 2.45) is 0 Å². The van der Waals surface area contributed by atoms with Crippen LogP contribution in [-0.2, 0) is 4.74 Å². The van der Waals surface area contributed by atoms with Crippen LogP contribution in [0.3, 0.4) is 0 Å². The first-order valence-electron chi connectivity index (χ1n) is 11.5. The molecule has 33 heavy (non-hydrogen) atoms. The van der Waals surface area contributed by atoms with Crippen molar-refractivity contribution in [3.63, 3.8) is 0 Å². The Bertz CT molecular complexity index is 1200. The second-order valence-corrected chi connectivity index (χ2v) is 8.74. The van der Waals surface area contributed by atoms with Crippen LogP contribution in [0.15, 0.2) is 30.7 Å². The highest BCUT2D eigenvalue weighted by Crippen LogP contribution is 2.30. The Balaban J connectivity index is 1.40. The Labute approximate surface area is 192 Å². The Morgan fingerprint density at radius 3 is 2.67 bits per heavy atom. The van der Waals surface area contributed by atoms with Gasteiger partial charge in [0.2, 0.25) is 0 Å². The molecular weight excluding hydrogens is 420 g/mol. The SMILES string of the molecule is Cc1ccn2cc(C(=O)N3CCCC[C@H]3c3ncc(C(=O)N4CCOCC4)c(C)n3)nc2c1. The van der Waals surface area contributed by atoms with Crippen LogP contribution in [0.1, 0.15) is 63.2 Å². The molecule has 0 spiro atoms. The monoisotopic (exact) mass is 448 g/mol. The van der Waals surface area contributed by atoms with Gasteiger partial charge in [0.05, 0.1) is 30.5 Å². The summed E-state index contributed by atoms with van der Waals surface area (Å²) in [5.74, 6) is 0.397. The summed E-state index contributed by atoms with van der Waals surface area (Å²) in [5.41, 5.74) is 3.41. The van der Waals surface area contributed by atoms with Gasteiger partial charge >= 0.3 is 0 Å². The molecule has 0 unspecified atom stereocenters. The van der Waals surface area contributed by atoms with Gasteiger partial charge in [-0.25, -0.2) is 15.0 Å². The van der Waals surface area contributed by atoms with E-state index in [0.717, 1.165) is 30.5 Å². The molecule has 0 radical (unpaired) electrons. The molecule has 5 heterocycles. The van der Waals surface area contributed by atoms with Gasteiger partial charge in [-0.1, -0.05) is 0 Å². The minimum atomic E-state index is -0.232. The maximum Gasteiger partial charge on any atom is 0.274 e. The van der Waals surface area contributed by atoms with E-state index in [0.29, 0.717) is 55.6 Å². The van der Waals surface area contributed by atoms with Gasteiger partial charge < -0.3 is 18.9 Å². The number of ether oxygens (including phenoxy) is 1. The van der Waals surface area contributed by atoms with E-state index in [1.807, 2.05) is 41.5 Å². The predicted molar refractivity (Wildman–Crippen MR) is 121 cm³/mol. The number of aromatic nitrogens is 4. The molecule has 3 aromatic heterocycles. The van der Waals surface area contributed by atoms with Crippen molar-refractivity contribution in [2.75, 3.05) is 32.8 Å². The summed E-state index contributed by atoms with van der Waals surface area (Å²) in [7, 11) is 0. The Morgan fingerprint density at radius 2 is 1.88 bits per heavy atom. The maximum absolute atomic E-state index is 13.4. The number of hydrogen-bond donors (Lipinski definition) is 0. The summed E-state index contributed by atoms with van der Waals surface area (Å²) in [5, 5.41) is 0. The first-order valence-corrected chi connectivity index (χ1v) is 11.5. The van der Waals surface area contributed by atoms with Gasteiger partial charge in [-0.15, -0.1) is 0 Å². The van der Waals surface area contributed by atoms with E-state index in [9.17, 15) is 9.59 Å². The van der Waals surface area contributed by atoms with Crippen molar-refractivity contribution in [2.45, 2.75) is 39.2 Å². The molecule has 0 N–H and O–H groups in total. The average molecular weight is 449 g/mol. The zero-order chi connectivity index (χ0) is 22.9. The fourth-order valence-corrected chi connectivity index (χ4v) is 4.57. The molecule has 2 aliphatic heterocycles. The van der Waals surface area contributed by atoms with Crippen LogP contribution < -0.4 is 0 Å². The summed E-state index contributed by atoms with van der Waals surface area (Å²) in [6.07, 6.45) is 8.02. The fraction of sp³-hybridized carbons (Fsp3) is 0.458. The molecule has 9 heteroatoms. The van der Waals surface area contributed by atoms with Gasteiger partial charge in [-0.3, -0.25) is 9.59 Å². The highest BCUT2D eigenvalue weighted by Gasteiger charge is 2.32. The molecule has 2 fully saturated rings. The Kier molecular flexibility index (Phi) is 5.80. The van der Waals surface area contributed by atoms with Crippen molar-refractivity contribution in [1.82, 2.24) is 29.2 Å². The number of imidazole rings is 1. The molecule has 3 aromatic rings.